The van der Waals surface area contributed by atoms with Gasteiger partial charge in [-0.2, -0.15) is 5.26 Å². The summed E-state index contributed by atoms with van der Waals surface area (Å²) in [6.45, 7) is 1.44. The van der Waals surface area contributed by atoms with E-state index >= 15 is 0 Å². The second-order valence-corrected chi connectivity index (χ2v) is 7.31. The van der Waals surface area contributed by atoms with E-state index in [9.17, 15) is 13.2 Å². The molecule has 0 saturated heterocycles. The third-order valence-electron chi connectivity index (χ3n) is 3.64. The molecule has 0 unspecified atom stereocenters. The van der Waals surface area contributed by atoms with E-state index in [4.69, 9.17) is 14.7 Å². The van der Waals surface area contributed by atoms with Crippen LogP contribution in [0.15, 0.2) is 53.4 Å². The molecule has 136 valence electrons. The molecule has 0 fully saturated rings. The fourth-order valence-corrected chi connectivity index (χ4v) is 3.40. The quantitative estimate of drug-likeness (QED) is 0.721. The first-order valence-corrected chi connectivity index (χ1v) is 9.08. The number of anilines is 1. The summed E-state index contributed by atoms with van der Waals surface area (Å²) in [5.41, 5.74) is 0.548. The number of esters is 1. The summed E-state index contributed by atoms with van der Waals surface area (Å²) >= 11 is 0. The fraction of sp³-hybridized carbons (Fsp3) is 0.222. The summed E-state index contributed by atoms with van der Waals surface area (Å²) < 4.78 is 36.8. The van der Waals surface area contributed by atoms with Gasteiger partial charge in [-0.1, -0.05) is 12.1 Å². The van der Waals surface area contributed by atoms with Gasteiger partial charge in [0.2, 0.25) is 0 Å². The Bertz CT molecular complexity index is 933. The highest BCUT2D eigenvalue weighted by Gasteiger charge is 2.24. The van der Waals surface area contributed by atoms with Crippen LogP contribution >= 0.6 is 0 Å². The van der Waals surface area contributed by atoms with Gasteiger partial charge in [0.15, 0.2) is 6.10 Å². The van der Waals surface area contributed by atoms with Gasteiger partial charge in [-0.05, 0) is 43.3 Å². The van der Waals surface area contributed by atoms with Gasteiger partial charge < -0.3 is 9.47 Å². The van der Waals surface area contributed by atoms with E-state index in [1.54, 1.807) is 30.3 Å². The standard InChI is InChI=1S/C18H18N2O5S/c1-13(12-19)25-18(21)14-8-10-15(11-9-14)26(22,23)20(2)16-6-4-5-7-17(16)24-3/h4-11,13H,1-3H3/t13-/m1/s1. The lowest BCUT2D eigenvalue weighted by Gasteiger charge is -2.21. The zero-order valence-electron chi connectivity index (χ0n) is 14.5. The molecule has 0 heterocycles. The van der Waals surface area contributed by atoms with Crippen molar-refractivity contribution >= 4 is 21.7 Å². The maximum atomic E-state index is 12.8. The van der Waals surface area contributed by atoms with Crippen molar-refractivity contribution in [2.24, 2.45) is 0 Å². The largest absolute Gasteiger partial charge is 0.495 e. The third-order valence-corrected chi connectivity index (χ3v) is 5.42. The van der Waals surface area contributed by atoms with Crippen molar-refractivity contribution in [2.75, 3.05) is 18.5 Å². The smallest absolute Gasteiger partial charge is 0.339 e. The first kappa shape index (κ1) is 19.3. The third kappa shape index (κ3) is 3.95. The van der Waals surface area contributed by atoms with Gasteiger partial charge >= 0.3 is 5.97 Å². The van der Waals surface area contributed by atoms with Gasteiger partial charge in [-0.15, -0.1) is 0 Å². The Kier molecular flexibility index (Phi) is 5.85. The maximum absolute atomic E-state index is 12.8. The second-order valence-electron chi connectivity index (χ2n) is 5.35. The molecule has 0 N–H and O–H groups in total. The normalized spacial score (nSPS) is 11.9. The Morgan fingerprint density at radius 2 is 1.77 bits per heavy atom. The Labute approximate surface area is 152 Å². The Morgan fingerprint density at radius 1 is 1.15 bits per heavy atom. The molecule has 0 aromatic heterocycles. The molecule has 2 rings (SSSR count). The van der Waals surface area contributed by atoms with Crippen LogP contribution in [-0.2, 0) is 14.8 Å². The van der Waals surface area contributed by atoms with Crippen LogP contribution in [0.3, 0.4) is 0 Å². The average Bonchev–Trinajstić information content (AvgIpc) is 2.67. The minimum Gasteiger partial charge on any atom is -0.495 e. The van der Waals surface area contributed by atoms with Crippen molar-refractivity contribution in [3.05, 3.63) is 54.1 Å². The number of benzene rings is 2. The first-order valence-electron chi connectivity index (χ1n) is 7.64. The molecule has 0 aliphatic carbocycles. The van der Waals surface area contributed by atoms with Crippen LogP contribution in [0, 0.1) is 11.3 Å². The Balaban J connectivity index is 2.29. The molecule has 2 aromatic carbocycles. The van der Waals surface area contributed by atoms with Crippen LogP contribution in [0.1, 0.15) is 17.3 Å². The number of sulfonamides is 1. The van der Waals surface area contributed by atoms with Crippen molar-refractivity contribution in [1.82, 2.24) is 0 Å². The molecular weight excluding hydrogens is 356 g/mol. The molecule has 26 heavy (non-hydrogen) atoms. The molecule has 7 nitrogen and oxygen atoms in total. The van der Waals surface area contributed by atoms with Crippen LogP contribution < -0.4 is 9.04 Å². The van der Waals surface area contributed by atoms with Crippen LogP contribution in [0.25, 0.3) is 0 Å². The van der Waals surface area contributed by atoms with Crippen molar-refractivity contribution < 1.29 is 22.7 Å². The minimum absolute atomic E-state index is 0.00999. The number of carbonyl (C=O) groups excluding carboxylic acids is 1. The zero-order chi connectivity index (χ0) is 19.3. The second kappa shape index (κ2) is 7.89. The van der Waals surface area contributed by atoms with E-state index in [0.29, 0.717) is 11.4 Å². The highest BCUT2D eigenvalue weighted by Crippen LogP contribution is 2.30. The average molecular weight is 374 g/mol. The summed E-state index contributed by atoms with van der Waals surface area (Å²) in [5, 5.41) is 8.67. The van der Waals surface area contributed by atoms with Gasteiger partial charge in [0.25, 0.3) is 10.0 Å². The molecule has 1 atom stereocenters. The summed E-state index contributed by atoms with van der Waals surface area (Å²) in [7, 11) is -0.965. The molecule has 0 saturated carbocycles. The van der Waals surface area contributed by atoms with Gasteiger partial charge in [-0.3, -0.25) is 4.31 Å². The van der Waals surface area contributed by atoms with Crippen LogP contribution in [0.5, 0.6) is 5.75 Å². The predicted molar refractivity (Wildman–Crippen MR) is 95.5 cm³/mol. The maximum Gasteiger partial charge on any atom is 0.339 e. The molecular formula is C18H18N2O5S. The highest BCUT2D eigenvalue weighted by molar-refractivity contribution is 7.92. The van der Waals surface area contributed by atoms with E-state index < -0.39 is 22.1 Å². The number of rotatable bonds is 6. The van der Waals surface area contributed by atoms with Crippen molar-refractivity contribution in [2.45, 2.75) is 17.9 Å². The van der Waals surface area contributed by atoms with Crippen LogP contribution in [-0.4, -0.2) is 34.6 Å². The highest BCUT2D eigenvalue weighted by atomic mass is 32.2. The van der Waals surface area contributed by atoms with Crippen molar-refractivity contribution in [3.63, 3.8) is 0 Å². The van der Waals surface area contributed by atoms with E-state index in [-0.39, 0.29) is 10.5 Å². The number of para-hydroxylation sites is 2. The summed E-state index contributed by atoms with van der Waals surface area (Å²) in [6, 6.07) is 13.8. The van der Waals surface area contributed by atoms with Crippen molar-refractivity contribution in [3.8, 4) is 11.8 Å². The molecule has 0 aliphatic heterocycles. The summed E-state index contributed by atoms with van der Waals surface area (Å²) in [6.07, 6.45) is -0.886. The van der Waals surface area contributed by atoms with E-state index in [0.717, 1.165) is 4.31 Å². The summed E-state index contributed by atoms with van der Waals surface area (Å²) in [4.78, 5) is 11.9. The number of nitrogens with zero attached hydrogens (tertiary/aromatic N) is 2. The van der Waals surface area contributed by atoms with E-state index in [1.165, 1.54) is 45.3 Å². The molecule has 2 aromatic rings. The number of hydrogen-bond donors (Lipinski definition) is 0. The van der Waals surface area contributed by atoms with Gasteiger partial charge in [-0.25, -0.2) is 13.2 Å². The number of nitriles is 1. The van der Waals surface area contributed by atoms with Gasteiger partial charge in [0.1, 0.15) is 11.8 Å². The first-order chi connectivity index (χ1) is 12.3. The zero-order valence-corrected chi connectivity index (χ0v) is 15.4. The predicted octanol–water partition coefficient (Wildman–Crippen LogP) is 2.59. The van der Waals surface area contributed by atoms with Crippen molar-refractivity contribution in [1.29, 1.82) is 5.26 Å². The molecule has 0 spiro atoms. The number of hydrogen-bond acceptors (Lipinski definition) is 6. The topological polar surface area (TPSA) is 96.7 Å². The molecule has 0 amide bonds. The number of ether oxygens (including phenoxy) is 2. The molecule has 0 aliphatic rings. The number of methoxy groups -OCH3 is 1. The number of carbonyl (C=O) groups is 1. The summed E-state index contributed by atoms with van der Waals surface area (Å²) in [5.74, 6) is -0.273. The monoisotopic (exact) mass is 374 g/mol. The Morgan fingerprint density at radius 3 is 2.35 bits per heavy atom. The molecule has 0 bridgehead atoms. The lowest BCUT2D eigenvalue weighted by atomic mass is 10.2. The van der Waals surface area contributed by atoms with E-state index in [1.807, 2.05) is 0 Å². The van der Waals surface area contributed by atoms with Crippen LogP contribution in [0.4, 0.5) is 5.69 Å². The molecule has 8 heteroatoms. The SMILES string of the molecule is COc1ccccc1N(C)S(=O)(=O)c1ccc(C(=O)O[C@H](C)C#N)cc1. The molecule has 0 radical (unpaired) electrons. The lowest BCUT2D eigenvalue weighted by molar-refractivity contribution is 0.0435. The van der Waals surface area contributed by atoms with Gasteiger partial charge in [0.05, 0.1) is 23.3 Å². The minimum atomic E-state index is -3.85. The van der Waals surface area contributed by atoms with E-state index in [2.05, 4.69) is 0 Å². The van der Waals surface area contributed by atoms with Gasteiger partial charge in [0, 0.05) is 7.05 Å². The van der Waals surface area contributed by atoms with Crippen LogP contribution in [0.2, 0.25) is 0 Å². The lowest BCUT2D eigenvalue weighted by Crippen LogP contribution is -2.27. The Hall–Kier alpha value is -3.05. The fourth-order valence-electron chi connectivity index (χ4n) is 2.20.